The topological polar surface area (TPSA) is 75.0 Å². The van der Waals surface area contributed by atoms with E-state index in [1.54, 1.807) is 31.4 Å². The third kappa shape index (κ3) is 5.23. The maximum atomic E-state index is 12.6. The molecule has 0 spiro atoms. The van der Waals surface area contributed by atoms with Gasteiger partial charge in [-0.1, -0.05) is 12.1 Å². The van der Waals surface area contributed by atoms with Gasteiger partial charge in [0.25, 0.3) is 0 Å². The van der Waals surface area contributed by atoms with Crippen LogP contribution in [0.5, 0.6) is 17.2 Å². The Bertz CT molecular complexity index is 944. The first-order valence-corrected chi connectivity index (χ1v) is 9.68. The number of carbonyl (C=O) groups is 1. The highest BCUT2D eigenvalue weighted by Crippen LogP contribution is 2.28. The van der Waals surface area contributed by atoms with Crippen LogP contribution in [-0.4, -0.2) is 57.8 Å². The number of amides is 1. The van der Waals surface area contributed by atoms with Crippen molar-refractivity contribution < 1.29 is 19.0 Å². The van der Waals surface area contributed by atoms with E-state index in [2.05, 4.69) is 11.0 Å². The average molecular weight is 407 g/mol. The lowest BCUT2D eigenvalue weighted by Gasteiger charge is -2.35. The first kappa shape index (κ1) is 21.1. The van der Waals surface area contributed by atoms with E-state index in [0.717, 1.165) is 30.1 Å². The number of hydrogen-bond acceptors (Lipinski definition) is 6. The van der Waals surface area contributed by atoms with Crippen molar-refractivity contribution in [1.82, 2.24) is 4.90 Å². The predicted octanol–water partition coefficient (Wildman–Crippen LogP) is 2.97. The van der Waals surface area contributed by atoms with Crippen LogP contribution in [0.25, 0.3) is 6.08 Å². The molecule has 0 radical (unpaired) electrons. The lowest BCUT2D eigenvalue weighted by molar-refractivity contribution is -0.126. The first-order chi connectivity index (χ1) is 14.6. The van der Waals surface area contributed by atoms with E-state index in [0.29, 0.717) is 24.6 Å². The van der Waals surface area contributed by atoms with E-state index in [1.807, 2.05) is 35.2 Å². The lowest BCUT2D eigenvalue weighted by Crippen LogP contribution is -2.48. The number of nitriles is 1. The molecule has 1 fully saturated rings. The highest BCUT2D eigenvalue weighted by molar-refractivity contribution is 5.92. The van der Waals surface area contributed by atoms with Crippen molar-refractivity contribution in [3.63, 3.8) is 0 Å². The van der Waals surface area contributed by atoms with Gasteiger partial charge in [-0.3, -0.25) is 4.79 Å². The smallest absolute Gasteiger partial charge is 0.246 e. The van der Waals surface area contributed by atoms with Gasteiger partial charge in [0.05, 0.1) is 14.2 Å². The fraction of sp³-hybridized carbons (Fsp3) is 0.304. The fourth-order valence-corrected chi connectivity index (χ4v) is 3.28. The van der Waals surface area contributed by atoms with Gasteiger partial charge in [-0.25, -0.2) is 0 Å². The number of rotatable bonds is 7. The summed E-state index contributed by atoms with van der Waals surface area (Å²) in [6.45, 7) is 2.80. The molecule has 0 atom stereocenters. The van der Waals surface area contributed by atoms with Crippen molar-refractivity contribution in [3.05, 3.63) is 54.1 Å². The van der Waals surface area contributed by atoms with Gasteiger partial charge in [0.1, 0.15) is 11.8 Å². The molecule has 0 bridgehead atoms. The average Bonchev–Trinajstić information content (AvgIpc) is 2.81. The van der Waals surface area contributed by atoms with Crippen molar-refractivity contribution in [3.8, 4) is 23.3 Å². The van der Waals surface area contributed by atoms with Crippen LogP contribution in [0.2, 0.25) is 0 Å². The van der Waals surface area contributed by atoms with Gasteiger partial charge in [0.15, 0.2) is 18.1 Å². The van der Waals surface area contributed by atoms with Gasteiger partial charge < -0.3 is 24.0 Å². The van der Waals surface area contributed by atoms with Crippen LogP contribution in [0, 0.1) is 11.3 Å². The summed E-state index contributed by atoms with van der Waals surface area (Å²) in [5, 5.41) is 8.64. The molecule has 0 unspecified atom stereocenters. The largest absolute Gasteiger partial charge is 0.497 e. The summed E-state index contributed by atoms with van der Waals surface area (Å²) in [6.07, 6.45) is 3.33. The van der Waals surface area contributed by atoms with Crippen LogP contribution < -0.4 is 19.1 Å². The summed E-state index contributed by atoms with van der Waals surface area (Å²) in [6, 6.07) is 15.2. The normalized spacial score (nSPS) is 13.8. The molecule has 30 heavy (non-hydrogen) atoms. The Morgan fingerprint density at radius 2 is 1.87 bits per heavy atom. The van der Waals surface area contributed by atoms with Crippen molar-refractivity contribution in [2.45, 2.75) is 0 Å². The molecule has 1 aliphatic heterocycles. The van der Waals surface area contributed by atoms with Gasteiger partial charge in [0, 0.05) is 44.0 Å². The number of hydrogen-bond donors (Lipinski definition) is 0. The summed E-state index contributed by atoms with van der Waals surface area (Å²) in [5.74, 6) is 1.82. The van der Waals surface area contributed by atoms with Crippen LogP contribution in [0.3, 0.4) is 0 Å². The van der Waals surface area contributed by atoms with E-state index in [-0.39, 0.29) is 12.5 Å². The van der Waals surface area contributed by atoms with E-state index < -0.39 is 0 Å². The quantitative estimate of drug-likeness (QED) is 0.657. The zero-order chi connectivity index (χ0) is 21.3. The molecule has 0 saturated carbocycles. The Balaban J connectivity index is 1.58. The Morgan fingerprint density at radius 3 is 2.57 bits per heavy atom. The van der Waals surface area contributed by atoms with Crippen LogP contribution in [0.1, 0.15) is 5.56 Å². The number of piperazine rings is 1. The van der Waals surface area contributed by atoms with E-state index >= 15 is 0 Å². The Morgan fingerprint density at radius 1 is 1.07 bits per heavy atom. The van der Waals surface area contributed by atoms with Crippen molar-refractivity contribution in [2.24, 2.45) is 0 Å². The van der Waals surface area contributed by atoms with Gasteiger partial charge in [-0.05, 0) is 35.9 Å². The summed E-state index contributed by atoms with van der Waals surface area (Å²) in [4.78, 5) is 16.7. The molecular weight excluding hydrogens is 382 g/mol. The second-order valence-corrected chi connectivity index (χ2v) is 6.70. The number of benzene rings is 2. The number of anilines is 1. The minimum atomic E-state index is -0.0498. The van der Waals surface area contributed by atoms with E-state index in [9.17, 15) is 4.79 Å². The minimum absolute atomic E-state index is 0.0240. The summed E-state index contributed by atoms with van der Waals surface area (Å²) < 4.78 is 15.9. The van der Waals surface area contributed by atoms with Crippen molar-refractivity contribution >= 4 is 17.7 Å². The molecule has 0 aliphatic carbocycles. The lowest BCUT2D eigenvalue weighted by atomic mass is 10.1. The molecule has 3 rings (SSSR count). The summed E-state index contributed by atoms with van der Waals surface area (Å²) in [5.41, 5.74) is 1.92. The second-order valence-electron chi connectivity index (χ2n) is 6.70. The SMILES string of the molecule is COc1cccc(N2CCN(C(=O)/C=C/c3ccc(OCC#N)c(OC)c3)CC2)c1. The molecule has 2 aromatic carbocycles. The second kappa shape index (κ2) is 10.2. The Kier molecular flexibility index (Phi) is 7.17. The van der Waals surface area contributed by atoms with Gasteiger partial charge in [-0.2, -0.15) is 5.26 Å². The Hall–Kier alpha value is -3.66. The monoisotopic (exact) mass is 407 g/mol. The van der Waals surface area contributed by atoms with Gasteiger partial charge in [-0.15, -0.1) is 0 Å². The zero-order valence-electron chi connectivity index (χ0n) is 17.2. The predicted molar refractivity (Wildman–Crippen MR) is 115 cm³/mol. The number of nitrogens with zero attached hydrogens (tertiary/aromatic N) is 3. The molecule has 1 heterocycles. The maximum Gasteiger partial charge on any atom is 0.246 e. The molecule has 0 aromatic heterocycles. The maximum absolute atomic E-state index is 12.6. The zero-order valence-corrected chi connectivity index (χ0v) is 17.2. The molecule has 1 amide bonds. The first-order valence-electron chi connectivity index (χ1n) is 9.68. The molecule has 7 heteroatoms. The molecule has 2 aromatic rings. The van der Waals surface area contributed by atoms with Crippen LogP contribution in [-0.2, 0) is 4.79 Å². The highest BCUT2D eigenvalue weighted by atomic mass is 16.5. The summed E-state index contributed by atoms with van der Waals surface area (Å²) >= 11 is 0. The fourth-order valence-electron chi connectivity index (χ4n) is 3.28. The molecular formula is C23H25N3O4. The molecule has 0 N–H and O–H groups in total. The number of carbonyl (C=O) groups excluding carboxylic acids is 1. The third-order valence-electron chi connectivity index (χ3n) is 4.91. The minimum Gasteiger partial charge on any atom is -0.497 e. The molecule has 1 aliphatic rings. The Labute approximate surface area is 176 Å². The van der Waals surface area contributed by atoms with E-state index in [1.165, 1.54) is 7.11 Å². The van der Waals surface area contributed by atoms with E-state index in [4.69, 9.17) is 19.5 Å². The third-order valence-corrected chi connectivity index (χ3v) is 4.91. The van der Waals surface area contributed by atoms with Gasteiger partial charge in [0.2, 0.25) is 5.91 Å². The number of methoxy groups -OCH3 is 2. The van der Waals surface area contributed by atoms with Crippen LogP contribution >= 0.6 is 0 Å². The number of ether oxygens (including phenoxy) is 3. The van der Waals surface area contributed by atoms with Gasteiger partial charge >= 0.3 is 0 Å². The summed E-state index contributed by atoms with van der Waals surface area (Å²) in [7, 11) is 3.19. The molecule has 7 nitrogen and oxygen atoms in total. The standard InChI is InChI=1S/C23H25N3O4/c1-28-20-5-3-4-19(17-20)25-11-13-26(14-12-25)23(27)9-7-18-6-8-21(30-15-10-24)22(16-18)29-2/h3-9,16-17H,11-15H2,1-2H3/b9-7+. The van der Waals surface area contributed by atoms with Crippen molar-refractivity contribution in [1.29, 1.82) is 5.26 Å². The molecule has 1 saturated heterocycles. The molecule has 156 valence electrons. The highest BCUT2D eigenvalue weighted by Gasteiger charge is 2.20. The van der Waals surface area contributed by atoms with Crippen LogP contribution in [0.15, 0.2) is 48.5 Å². The van der Waals surface area contributed by atoms with Crippen LogP contribution in [0.4, 0.5) is 5.69 Å². The van der Waals surface area contributed by atoms with Crippen molar-refractivity contribution in [2.75, 3.05) is 51.9 Å².